The molecule has 7 heteroatoms. The Hall–Kier alpha value is -3.71. The van der Waals surface area contributed by atoms with Gasteiger partial charge in [0.25, 0.3) is 0 Å². The van der Waals surface area contributed by atoms with E-state index >= 15 is 0 Å². The number of aliphatic hydroxyl groups excluding tert-OH is 1. The van der Waals surface area contributed by atoms with Crippen LogP contribution in [0.4, 0.5) is 5.82 Å². The zero-order chi connectivity index (χ0) is 19.2. The molecule has 4 aromatic heterocycles. The van der Waals surface area contributed by atoms with Crippen LogP contribution in [-0.4, -0.2) is 36.6 Å². The lowest BCUT2D eigenvalue weighted by atomic mass is 10.1. The first-order valence-corrected chi connectivity index (χ1v) is 8.82. The molecular formula is C21H18N6O. The van der Waals surface area contributed by atoms with Crippen molar-refractivity contribution in [3.05, 3.63) is 85.1 Å². The van der Waals surface area contributed by atoms with Gasteiger partial charge in [-0.05, 0) is 42.0 Å². The van der Waals surface area contributed by atoms with Crippen LogP contribution in [0.1, 0.15) is 11.7 Å². The van der Waals surface area contributed by atoms with Gasteiger partial charge < -0.3 is 10.4 Å². The van der Waals surface area contributed by atoms with Crippen LogP contribution in [0, 0.1) is 0 Å². The first kappa shape index (κ1) is 17.7. The molecule has 2 N–H and O–H groups in total. The average molecular weight is 370 g/mol. The molecular weight excluding hydrogens is 352 g/mol. The number of nitrogens with one attached hydrogen (secondary N) is 1. The van der Waals surface area contributed by atoms with Crippen molar-refractivity contribution in [1.29, 1.82) is 0 Å². The standard InChI is InChI=1S/C21H18N6O/c28-19(15-6-10-22-11-7-15)14-25-20-12-18(16-4-3-8-23-13-16)26-21(27-20)17-5-1-2-9-24-17/h1-13,19,28H,14H2,(H,25,26,27). The molecule has 0 saturated heterocycles. The van der Waals surface area contributed by atoms with Crippen molar-refractivity contribution in [1.82, 2.24) is 24.9 Å². The first-order chi connectivity index (χ1) is 13.8. The molecule has 138 valence electrons. The van der Waals surface area contributed by atoms with E-state index in [0.717, 1.165) is 16.8 Å². The van der Waals surface area contributed by atoms with Crippen molar-refractivity contribution in [2.24, 2.45) is 0 Å². The highest BCUT2D eigenvalue weighted by Gasteiger charge is 2.12. The predicted octanol–water partition coefficient (Wildman–Crippen LogP) is 3.14. The lowest BCUT2D eigenvalue weighted by Crippen LogP contribution is -2.13. The van der Waals surface area contributed by atoms with Crippen LogP contribution in [-0.2, 0) is 0 Å². The summed E-state index contributed by atoms with van der Waals surface area (Å²) in [5.74, 6) is 1.10. The summed E-state index contributed by atoms with van der Waals surface area (Å²) in [5, 5.41) is 13.6. The molecule has 1 unspecified atom stereocenters. The maximum absolute atomic E-state index is 10.4. The van der Waals surface area contributed by atoms with Gasteiger partial charge in [-0.25, -0.2) is 9.97 Å². The molecule has 0 radical (unpaired) electrons. The van der Waals surface area contributed by atoms with Crippen LogP contribution in [0.3, 0.4) is 0 Å². The second-order valence-corrected chi connectivity index (χ2v) is 6.10. The van der Waals surface area contributed by atoms with E-state index < -0.39 is 6.10 Å². The summed E-state index contributed by atoms with van der Waals surface area (Å²) in [7, 11) is 0. The lowest BCUT2D eigenvalue weighted by molar-refractivity contribution is 0.191. The van der Waals surface area contributed by atoms with E-state index in [1.165, 1.54) is 0 Å². The number of aromatic nitrogens is 5. The summed E-state index contributed by atoms with van der Waals surface area (Å²) in [5.41, 5.74) is 3.06. The Balaban J connectivity index is 1.64. The molecule has 4 aromatic rings. The molecule has 28 heavy (non-hydrogen) atoms. The van der Waals surface area contributed by atoms with Gasteiger partial charge in [0.1, 0.15) is 11.5 Å². The summed E-state index contributed by atoms with van der Waals surface area (Å²) in [4.78, 5) is 21.7. The Morgan fingerprint density at radius 2 is 1.75 bits per heavy atom. The molecule has 0 fully saturated rings. The van der Waals surface area contributed by atoms with Crippen molar-refractivity contribution in [3.63, 3.8) is 0 Å². The van der Waals surface area contributed by atoms with E-state index in [1.54, 1.807) is 43.1 Å². The van der Waals surface area contributed by atoms with Gasteiger partial charge in [0, 0.05) is 49.2 Å². The largest absolute Gasteiger partial charge is 0.387 e. The van der Waals surface area contributed by atoms with Gasteiger partial charge in [0.2, 0.25) is 0 Å². The minimum atomic E-state index is -0.682. The van der Waals surface area contributed by atoms with Crippen molar-refractivity contribution >= 4 is 5.82 Å². The average Bonchev–Trinajstić information content (AvgIpc) is 2.79. The molecule has 0 amide bonds. The number of anilines is 1. The predicted molar refractivity (Wildman–Crippen MR) is 106 cm³/mol. The third kappa shape index (κ3) is 4.16. The zero-order valence-corrected chi connectivity index (χ0v) is 15.0. The molecule has 0 aromatic carbocycles. The van der Waals surface area contributed by atoms with Crippen molar-refractivity contribution in [2.75, 3.05) is 11.9 Å². The fraction of sp³-hybridized carbons (Fsp3) is 0.0952. The highest BCUT2D eigenvalue weighted by molar-refractivity contribution is 5.65. The van der Waals surface area contributed by atoms with Crippen LogP contribution < -0.4 is 5.32 Å². The van der Waals surface area contributed by atoms with Gasteiger partial charge in [-0.15, -0.1) is 0 Å². The number of aliphatic hydroxyl groups is 1. The Labute approximate surface area is 162 Å². The second-order valence-electron chi connectivity index (χ2n) is 6.10. The summed E-state index contributed by atoms with van der Waals surface area (Å²) in [6.07, 6.45) is 7.80. The van der Waals surface area contributed by atoms with Crippen LogP contribution in [0.5, 0.6) is 0 Å². The summed E-state index contributed by atoms with van der Waals surface area (Å²) >= 11 is 0. The fourth-order valence-electron chi connectivity index (χ4n) is 2.71. The third-order valence-electron chi connectivity index (χ3n) is 4.14. The Kier molecular flexibility index (Phi) is 5.26. The van der Waals surface area contributed by atoms with E-state index in [0.29, 0.717) is 23.9 Å². The third-order valence-corrected chi connectivity index (χ3v) is 4.14. The second kappa shape index (κ2) is 8.32. The number of hydrogen-bond acceptors (Lipinski definition) is 7. The molecule has 4 heterocycles. The maximum Gasteiger partial charge on any atom is 0.180 e. The number of rotatable bonds is 6. The number of hydrogen-bond donors (Lipinski definition) is 2. The summed E-state index contributed by atoms with van der Waals surface area (Å²) in [6.45, 7) is 0.301. The molecule has 0 spiro atoms. The van der Waals surface area contributed by atoms with Gasteiger partial charge in [-0.1, -0.05) is 6.07 Å². The fourth-order valence-corrected chi connectivity index (χ4v) is 2.71. The normalized spacial score (nSPS) is 11.8. The lowest BCUT2D eigenvalue weighted by Gasteiger charge is -2.14. The van der Waals surface area contributed by atoms with Gasteiger partial charge >= 0.3 is 0 Å². The van der Waals surface area contributed by atoms with E-state index in [2.05, 4.69) is 30.2 Å². The van der Waals surface area contributed by atoms with Crippen LogP contribution in [0.15, 0.2) is 79.5 Å². The molecule has 4 rings (SSSR count). The Morgan fingerprint density at radius 3 is 2.50 bits per heavy atom. The molecule has 0 bridgehead atoms. The highest BCUT2D eigenvalue weighted by Crippen LogP contribution is 2.23. The first-order valence-electron chi connectivity index (χ1n) is 8.82. The monoisotopic (exact) mass is 370 g/mol. The topological polar surface area (TPSA) is 96.7 Å². The maximum atomic E-state index is 10.4. The highest BCUT2D eigenvalue weighted by atomic mass is 16.3. The Bertz CT molecular complexity index is 971. The minimum absolute atomic E-state index is 0.301. The molecule has 1 atom stereocenters. The van der Waals surface area contributed by atoms with Crippen molar-refractivity contribution in [3.8, 4) is 22.8 Å². The van der Waals surface area contributed by atoms with Crippen LogP contribution in [0.2, 0.25) is 0 Å². The van der Waals surface area contributed by atoms with E-state index in [4.69, 9.17) is 0 Å². The molecule has 0 aliphatic rings. The van der Waals surface area contributed by atoms with E-state index in [9.17, 15) is 5.11 Å². The smallest absolute Gasteiger partial charge is 0.180 e. The van der Waals surface area contributed by atoms with Gasteiger partial charge in [0.15, 0.2) is 5.82 Å². The quantitative estimate of drug-likeness (QED) is 0.538. The van der Waals surface area contributed by atoms with Gasteiger partial charge in [-0.2, -0.15) is 0 Å². The van der Waals surface area contributed by atoms with Crippen LogP contribution >= 0.6 is 0 Å². The molecule has 0 aliphatic carbocycles. The molecule has 0 saturated carbocycles. The van der Waals surface area contributed by atoms with E-state index in [1.807, 2.05) is 36.4 Å². The summed E-state index contributed by atoms with van der Waals surface area (Å²) < 4.78 is 0. The van der Waals surface area contributed by atoms with E-state index in [-0.39, 0.29) is 0 Å². The number of pyridine rings is 3. The molecule has 0 aliphatic heterocycles. The van der Waals surface area contributed by atoms with Gasteiger partial charge in [0.05, 0.1) is 11.8 Å². The number of nitrogens with zero attached hydrogens (tertiary/aromatic N) is 5. The molecule has 7 nitrogen and oxygen atoms in total. The van der Waals surface area contributed by atoms with Gasteiger partial charge in [-0.3, -0.25) is 15.0 Å². The zero-order valence-electron chi connectivity index (χ0n) is 15.0. The summed E-state index contributed by atoms with van der Waals surface area (Å²) in [6, 6.07) is 14.8. The minimum Gasteiger partial charge on any atom is -0.387 e. The van der Waals surface area contributed by atoms with Crippen LogP contribution in [0.25, 0.3) is 22.8 Å². The Morgan fingerprint density at radius 1 is 0.857 bits per heavy atom. The van der Waals surface area contributed by atoms with Crippen molar-refractivity contribution in [2.45, 2.75) is 6.10 Å². The SMILES string of the molecule is OC(CNc1cc(-c2cccnc2)nc(-c2ccccn2)n1)c1ccncc1. The van der Waals surface area contributed by atoms with Crippen molar-refractivity contribution < 1.29 is 5.11 Å².